The quantitative estimate of drug-likeness (QED) is 0.939. The Morgan fingerprint density at radius 2 is 1.96 bits per heavy atom. The maximum atomic E-state index is 12.5. The standard InChI is InChI=1S/C19H24N4O/c24-19(18-11-12-21-23(18)16-6-2-3-7-16)20-13-15-10-9-14-5-1-4-8-17(14)22-15/h9-12,16H,1-8,13H2,(H,20,24). The Balaban J connectivity index is 1.43. The van der Waals surface area contributed by atoms with Crippen molar-refractivity contribution in [2.24, 2.45) is 0 Å². The lowest BCUT2D eigenvalue weighted by molar-refractivity contribution is 0.0937. The highest BCUT2D eigenvalue weighted by Gasteiger charge is 2.22. The molecular weight excluding hydrogens is 300 g/mol. The summed E-state index contributed by atoms with van der Waals surface area (Å²) in [6.07, 6.45) is 11.1. The van der Waals surface area contributed by atoms with Gasteiger partial charge in [-0.25, -0.2) is 0 Å². The highest BCUT2D eigenvalue weighted by atomic mass is 16.2. The minimum Gasteiger partial charge on any atom is -0.345 e. The average Bonchev–Trinajstić information content (AvgIpc) is 3.30. The maximum absolute atomic E-state index is 12.5. The normalized spacial score (nSPS) is 17.7. The van der Waals surface area contributed by atoms with Gasteiger partial charge in [0.1, 0.15) is 5.69 Å². The Hall–Kier alpha value is -2.17. The number of fused-ring (bicyclic) bond motifs is 1. The minimum absolute atomic E-state index is 0.0566. The van der Waals surface area contributed by atoms with Crippen molar-refractivity contribution in [1.29, 1.82) is 0 Å². The van der Waals surface area contributed by atoms with Crippen LogP contribution in [0.5, 0.6) is 0 Å². The molecule has 1 amide bonds. The second kappa shape index (κ2) is 6.75. The first-order valence-corrected chi connectivity index (χ1v) is 9.10. The number of nitrogens with zero attached hydrogens (tertiary/aromatic N) is 3. The molecule has 0 spiro atoms. The van der Waals surface area contributed by atoms with Crippen molar-refractivity contribution in [3.63, 3.8) is 0 Å². The molecule has 126 valence electrons. The van der Waals surface area contributed by atoms with E-state index in [1.807, 2.05) is 16.8 Å². The lowest BCUT2D eigenvalue weighted by Gasteiger charge is -2.16. The zero-order chi connectivity index (χ0) is 16.4. The van der Waals surface area contributed by atoms with Gasteiger partial charge in [-0.3, -0.25) is 14.5 Å². The van der Waals surface area contributed by atoms with Crippen LogP contribution >= 0.6 is 0 Å². The van der Waals surface area contributed by atoms with Gasteiger partial charge in [0, 0.05) is 11.9 Å². The summed E-state index contributed by atoms with van der Waals surface area (Å²) in [5.41, 5.74) is 4.19. The van der Waals surface area contributed by atoms with Crippen molar-refractivity contribution in [1.82, 2.24) is 20.1 Å². The van der Waals surface area contributed by atoms with Crippen molar-refractivity contribution in [2.75, 3.05) is 0 Å². The third-order valence-electron chi connectivity index (χ3n) is 5.24. The van der Waals surface area contributed by atoms with Gasteiger partial charge in [-0.05, 0) is 56.2 Å². The summed E-state index contributed by atoms with van der Waals surface area (Å²) >= 11 is 0. The van der Waals surface area contributed by atoms with Gasteiger partial charge in [0.05, 0.1) is 18.3 Å². The lowest BCUT2D eigenvalue weighted by Crippen LogP contribution is -2.27. The molecule has 0 aliphatic heterocycles. The fourth-order valence-corrected chi connectivity index (χ4v) is 3.92. The van der Waals surface area contributed by atoms with Crippen LogP contribution in [-0.2, 0) is 19.4 Å². The number of hydrogen-bond acceptors (Lipinski definition) is 3. The molecule has 2 aliphatic rings. The Morgan fingerprint density at radius 1 is 1.12 bits per heavy atom. The van der Waals surface area contributed by atoms with Crippen LogP contribution in [0.4, 0.5) is 0 Å². The van der Waals surface area contributed by atoms with Crippen LogP contribution in [0.25, 0.3) is 0 Å². The Bertz CT molecular complexity index is 731. The fraction of sp³-hybridized carbons (Fsp3) is 0.526. The van der Waals surface area contributed by atoms with Gasteiger partial charge < -0.3 is 5.32 Å². The number of aromatic nitrogens is 3. The summed E-state index contributed by atoms with van der Waals surface area (Å²) in [4.78, 5) is 17.3. The molecule has 1 N–H and O–H groups in total. The van der Waals surface area contributed by atoms with Gasteiger partial charge in [-0.15, -0.1) is 0 Å². The van der Waals surface area contributed by atoms with Gasteiger partial charge in [-0.2, -0.15) is 5.10 Å². The van der Waals surface area contributed by atoms with E-state index in [0.29, 0.717) is 18.3 Å². The van der Waals surface area contributed by atoms with E-state index in [-0.39, 0.29) is 5.91 Å². The van der Waals surface area contributed by atoms with Crippen molar-refractivity contribution in [3.8, 4) is 0 Å². The molecular formula is C19H24N4O. The Kier molecular flexibility index (Phi) is 4.32. The summed E-state index contributed by atoms with van der Waals surface area (Å²) in [6, 6.07) is 6.40. The van der Waals surface area contributed by atoms with E-state index >= 15 is 0 Å². The summed E-state index contributed by atoms with van der Waals surface area (Å²) < 4.78 is 1.91. The third-order valence-corrected chi connectivity index (χ3v) is 5.24. The first kappa shape index (κ1) is 15.4. The number of amides is 1. The largest absolute Gasteiger partial charge is 0.345 e. The Morgan fingerprint density at radius 3 is 2.83 bits per heavy atom. The molecule has 24 heavy (non-hydrogen) atoms. The number of pyridine rings is 1. The van der Waals surface area contributed by atoms with E-state index in [9.17, 15) is 4.79 Å². The summed E-state index contributed by atoms with van der Waals surface area (Å²) in [7, 11) is 0. The van der Waals surface area contributed by atoms with Gasteiger partial charge in [0.15, 0.2) is 0 Å². The zero-order valence-corrected chi connectivity index (χ0v) is 14.0. The molecule has 5 heteroatoms. The molecule has 2 aliphatic carbocycles. The molecule has 2 aromatic heterocycles. The van der Waals surface area contributed by atoms with Gasteiger partial charge in [-0.1, -0.05) is 18.9 Å². The molecule has 0 atom stereocenters. The van der Waals surface area contributed by atoms with Crippen molar-refractivity contribution < 1.29 is 4.79 Å². The van der Waals surface area contributed by atoms with Crippen molar-refractivity contribution >= 4 is 5.91 Å². The van der Waals surface area contributed by atoms with Crippen molar-refractivity contribution in [2.45, 2.75) is 64.0 Å². The first-order chi connectivity index (χ1) is 11.8. The van der Waals surface area contributed by atoms with Crippen LogP contribution in [0.15, 0.2) is 24.4 Å². The number of aryl methyl sites for hydroxylation is 2. The van der Waals surface area contributed by atoms with E-state index in [0.717, 1.165) is 31.4 Å². The lowest BCUT2D eigenvalue weighted by atomic mass is 9.96. The molecule has 2 aromatic rings. The summed E-state index contributed by atoms with van der Waals surface area (Å²) in [6.45, 7) is 0.474. The van der Waals surface area contributed by atoms with Crippen LogP contribution < -0.4 is 5.32 Å². The van der Waals surface area contributed by atoms with E-state index in [4.69, 9.17) is 4.98 Å². The van der Waals surface area contributed by atoms with E-state index in [2.05, 4.69) is 16.5 Å². The molecule has 0 bridgehead atoms. The molecule has 0 radical (unpaired) electrons. The van der Waals surface area contributed by atoms with Gasteiger partial charge in [0.2, 0.25) is 0 Å². The van der Waals surface area contributed by atoms with Crippen molar-refractivity contribution in [3.05, 3.63) is 47.0 Å². The number of nitrogens with one attached hydrogen (secondary N) is 1. The second-order valence-electron chi connectivity index (χ2n) is 6.90. The second-order valence-corrected chi connectivity index (χ2v) is 6.90. The predicted molar refractivity (Wildman–Crippen MR) is 91.8 cm³/mol. The molecule has 5 nitrogen and oxygen atoms in total. The molecule has 4 rings (SSSR count). The van der Waals surface area contributed by atoms with E-state index < -0.39 is 0 Å². The van der Waals surface area contributed by atoms with Crippen LogP contribution in [0, 0.1) is 0 Å². The predicted octanol–water partition coefficient (Wildman–Crippen LogP) is 3.20. The molecule has 1 saturated carbocycles. The topological polar surface area (TPSA) is 59.8 Å². The molecule has 0 saturated heterocycles. The third kappa shape index (κ3) is 3.07. The van der Waals surface area contributed by atoms with Crippen LogP contribution in [0.2, 0.25) is 0 Å². The monoisotopic (exact) mass is 324 g/mol. The SMILES string of the molecule is O=C(NCc1ccc2c(n1)CCCC2)c1ccnn1C1CCCC1. The molecule has 0 aromatic carbocycles. The highest BCUT2D eigenvalue weighted by molar-refractivity contribution is 5.92. The minimum atomic E-state index is -0.0566. The summed E-state index contributed by atoms with van der Waals surface area (Å²) in [5, 5.41) is 7.38. The smallest absolute Gasteiger partial charge is 0.269 e. The highest BCUT2D eigenvalue weighted by Crippen LogP contribution is 2.29. The van der Waals surface area contributed by atoms with Crippen LogP contribution in [0.1, 0.15) is 72.0 Å². The molecule has 0 unspecified atom stereocenters. The number of rotatable bonds is 4. The van der Waals surface area contributed by atoms with E-state index in [1.54, 1.807) is 6.20 Å². The maximum Gasteiger partial charge on any atom is 0.269 e. The fourth-order valence-electron chi connectivity index (χ4n) is 3.92. The van der Waals surface area contributed by atoms with Crippen LogP contribution in [-0.4, -0.2) is 20.7 Å². The number of carbonyl (C=O) groups is 1. The average molecular weight is 324 g/mol. The first-order valence-electron chi connectivity index (χ1n) is 9.10. The summed E-state index contributed by atoms with van der Waals surface area (Å²) in [5.74, 6) is -0.0566. The van der Waals surface area contributed by atoms with Gasteiger partial charge >= 0.3 is 0 Å². The van der Waals surface area contributed by atoms with Gasteiger partial charge in [0.25, 0.3) is 5.91 Å². The van der Waals surface area contributed by atoms with E-state index in [1.165, 1.54) is 36.9 Å². The molecule has 1 fully saturated rings. The zero-order valence-electron chi connectivity index (χ0n) is 14.0. The Labute approximate surface area is 142 Å². The molecule has 2 heterocycles. The number of carbonyl (C=O) groups excluding carboxylic acids is 1. The van der Waals surface area contributed by atoms with Crippen LogP contribution in [0.3, 0.4) is 0 Å². The number of hydrogen-bond donors (Lipinski definition) is 1.